The van der Waals surface area contributed by atoms with Crippen molar-refractivity contribution in [2.24, 2.45) is 0 Å². The first kappa shape index (κ1) is 13.8. The number of hydrogen-bond acceptors (Lipinski definition) is 2. The zero-order chi connectivity index (χ0) is 12.5. The van der Waals surface area contributed by atoms with E-state index >= 15 is 0 Å². The summed E-state index contributed by atoms with van der Waals surface area (Å²) in [4.78, 5) is 0. The summed E-state index contributed by atoms with van der Waals surface area (Å²) in [5.74, 6) is -0.0599. The number of aryl methyl sites for hydroxylation is 2. The fraction of sp³-hybridized carbons (Fsp3) is 0.455. The van der Waals surface area contributed by atoms with Crippen LogP contribution in [0, 0.1) is 20.8 Å². The van der Waals surface area contributed by atoms with Crippen molar-refractivity contribution in [1.82, 2.24) is 0 Å². The predicted octanol–water partition coefficient (Wildman–Crippen LogP) is 3.38. The van der Waals surface area contributed by atoms with Crippen molar-refractivity contribution in [3.63, 3.8) is 0 Å². The smallest absolute Gasteiger partial charge is 0.212 e. The normalized spacial score (nSPS) is 11.8. The Labute approximate surface area is 106 Å². The van der Waals surface area contributed by atoms with Crippen LogP contribution in [0.3, 0.4) is 0 Å². The molecule has 1 rings (SSSR count). The second-order valence-electron chi connectivity index (χ2n) is 3.92. The lowest BCUT2D eigenvalue weighted by Gasteiger charge is -2.12. The van der Waals surface area contributed by atoms with Gasteiger partial charge in [-0.05, 0) is 49.4 Å². The van der Waals surface area contributed by atoms with Gasteiger partial charge in [0.15, 0.2) is 0 Å². The largest absolute Gasteiger partial charge is 0.232 e. The van der Waals surface area contributed by atoms with Crippen LogP contribution in [0.4, 0.5) is 0 Å². The van der Waals surface area contributed by atoms with E-state index < -0.39 is 9.05 Å². The lowest BCUT2D eigenvalue weighted by Crippen LogP contribution is -2.05. The van der Waals surface area contributed by atoms with Gasteiger partial charge in [0.1, 0.15) is 0 Å². The molecule has 0 aromatic heterocycles. The van der Waals surface area contributed by atoms with Gasteiger partial charge in [0.25, 0.3) is 0 Å². The zero-order valence-electron chi connectivity index (χ0n) is 9.47. The van der Waals surface area contributed by atoms with Gasteiger partial charge in [0.2, 0.25) is 9.05 Å². The van der Waals surface area contributed by atoms with E-state index in [0.717, 1.165) is 22.3 Å². The first-order valence-electron chi connectivity index (χ1n) is 4.90. The van der Waals surface area contributed by atoms with Crippen LogP contribution in [0.15, 0.2) is 6.07 Å². The molecular formula is C11H14Cl2O2S. The molecule has 0 fully saturated rings. The van der Waals surface area contributed by atoms with Gasteiger partial charge in [0, 0.05) is 15.7 Å². The number of hydrogen-bond donors (Lipinski definition) is 0. The van der Waals surface area contributed by atoms with Gasteiger partial charge >= 0.3 is 0 Å². The Balaban J connectivity index is 3.10. The van der Waals surface area contributed by atoms with E-state index in [2.05, 4.69) is 0 Å². The molecule has 0 amide bonds. The monoisotopic (exact) mass is 280 g/mol. The average Bonchev–Trinajstić information content (AvgIpc) is 2.12. The van der Waals surface area contributed by atoms with Crippen LogP contribution in [0.1, 0.15) is 22.3 Å². The lowest BCUT2D eigenvalue weighted by atomic mass is 9.98. The van der Waals surface area contributed by atoms with E-state index in [1.807, 2.05) is 26.8 Å². The Hall–Kier alpha value is -0.250. The molecule has 0 radical (unpaired) electrons. The summed E-state index contributed by atoms with van der Waals surface area (Å²) >= 11 is 6.12. The Bertz CT molecular complexity index is 507. The van der Waals surface area contributed by atoms with E-state index in [0.29, 0.717) is 11.4 Å². The topological polar surface area (TPSA) is 34.1 Å². The molecule has 0 heterocycles. The fourth-order valence-electron chi connectivity index (χ4n) is 1.81. The highest BCUT2D eigenvalue weighted by Gasteiger charge is 2.12. The predicted molar refractivity (Wildman–Crippen MR) is 69.0 cm³/mol. The third-order valence-electron chi connectivity index (χ3n) is 2.63. The number of benzene rings is 1. The van der Waals surface area contributed by atoms with Crippen LogP contribution < -0.4 is 0 Å². The van der Waals surface area contributed by atoms with Gasteiger partial charge in [-0.2, -0.15) is 0 Å². The first-order valence-corrected chi connectivity index (χ1v) is 7.75. The third kappa shape index (κ3) is 3.37. The van der Waals surface area contributed by atoms with E-state index in [-0.39, 0.29) is 5.75 Å². The van der Waals surface area contributed by atoms with Gasteiger partial charge in [0.05, 0.1) is 5.75 Å². The molecule has 90 valence electrons. The Morgan fingerprint density at radius 2 is 1.75 bits per heavy atom. The van der Waals surface area contributed by atoms with E-state index in [4.69, 9.17) is 22.3 Å². The molecule has 0 aliphatic carbocycles. The van der Waals surface area contributed by atoms with Crippen molar-refractivity contribution < 1.29 is 8.42 Å². The molecule has 1 aromatic rings. The molecule has 0 spiro atoms. The van der Waals surface area contributed by atoms with Crippen LogP contribution in [0.2, 0.25) is 5.02 Å². The molecule has 0 bridgehead atoms. The Morgan fingerprint density at radius 3 is 2.25 bits per heavy atom. The summed E-state index contributed by atoms with van der Waals surface area (Å²) in [6.07, 6.45) is 0.406. The zero-order valence-corrected chi connectivity index (χ0v) is 11.8. The minimum Gasteiger partial charge on any atom is -0.212 e. The fourth-order valence-corrected chi connectivity index (χ4v) is 2.66. The lowest BCUT2D eigenvalue weighted by molar-refractivity contribution is 0.608. The van der Waals surface area contributed by atoms with Crippen molar-refractivity contribution in [3.05, 3.63) is 33.3 Å². The minimum atomic E-state index is -3.45. The molecule has 0 saturated carbocycles. The average molecular weight is 281 g/mol. The maximum atomic E-state index is 10.9. The van der Waals surface area contributed by atoms with Gasteiger partial charge in [-0.3, -0.25) is 0 Å². The SMILES string of the molecule is Cc1cc(C)c(CCS(=O)(=O)Cl)c(C)c1Cl. The van der Waals surface area contributed by atoms with Crippen molar-refractivity contribution in [1.29, 1.82) is 0 Å². The molecule has 0 aliphatic rings. The molecule has 0 saturated heterocycles. The first-order chi connectivity index (χ1) is 7.22. The Kier molecular flexibility index (Phi) is 4.27. The van der Waals surface area contributed by atoms with Gasteiger partial charge in [-0.25, -0.2) is 8.42 Å². The highest BCUT2D eigenvalue weighted by Crippen LogP contribution is 2.27. The maximum absolute atomic E-state index is 10.9. The molecule has 0 unspecified atom stereocenters. The van der Waals surface area contributed by atoms with Crippen molar-refractivity contribution >= 4 is 31.3 Å². The highest BCUT2D eigenvalue weighted by atomic mass is 35.7. The second-order valence-corrected chi connectivity index (χ2v) is 7.20. The van der Waals surface area contributed by atoms with Crippen LogP contribution in [0.25, 0.3) is 0 Å². The van der Waals surface area contributed by atoms with E-state index in [1.54, 1.807) is 0 Å². The van der Waals surface area contributed by atoms with Crippen molar-refractivity contribution in [3.8, 4) is 0 Å². The summed E-state index contributed by atoms with van der Waals surface area (Å²) in [5, 5.41) is 0.701. The molecule has 2 nitrogen and oxygen atoms in total. The molecule has 16 heavy (non-hydrogen) atoms. The molecule has 0 N–H and O–H groups in total. The highest BCUT2D eigenvalue weighted by molar-refractivity contribution is 8.13. The number of halogens is 2. The quantitative estimate of drug-likeness (QED) is 0.796. The van der Waals surface area contributed by atoms with Gasteiger partial charge in [-0.1, -0.05) is 17.7 Å². The van der Waals surface area contributed by atoms with Crippen LogP contribution >= 0.6 is 22.3 Å². The summed E-state index contributed by atoms with van der Waals surface area (Å²) in [6, 6.07) is 1.96. The van der Waals surface area contributed by atoms with E-state index in [1.165, 1.54) is 0 Å². The van der Waals surface area contributed by atoms with Crippen LogP contribution in [-0.2, 0) is 15.5 Å². The van der Waals surface area contributed by atoms with Crippen LogP contribution in [0.5, 0.6) is 0 Å². The minimum absolute atomic E-state index is 0.0599. The molecule has 0 atom stereocenters. The summed E-state index contributed by atoms with van der Waals surface area (Å²) < 4.78 is 21.8. The number of rotatable bonds is 3. The maximum Gasteiger partial charge on any atom is 0.232 e. The Morgan fingerprint density at radius 1 is 1.19 bits per heavy atom. The standard InChI is InChI=1S/C11H14Cl2O2S/c1-7-6-8(2)11(12)9(3)10(7)4-5-16(13,14)15/h6H,4-5H2,1-3H3. The molecular weight excluding hydrogens is 267 g/mol. The van der Waals surface area contributed by atoms with Crippen molar-refractivity contribution in [2.45, 2.75) is 27.2 Å². The van der Waals surface area contributed by atoms with E-state index in [9.17, 15) is 8.42 Å². The second kappa shape index (κ2) is 4.94. The van der Waals surface area contributed by atoms with Gasteiger partial charge in [-0.15, -0.1) is 0 Å². The van der Waals surface area contributed by atoms with Crippen molar-refractivity contribution in [2.75, 3.05) is 5.75 Å². The molecule has 1 aromatic carbocycles. The third-order valence-corrected chi connectivity index (χ3v) is 4.37. The summed E-state index contributed by atoms with van der Waals surface area (Å²) in [5.41, 5.74) is 3.98. The summed E-state index contributed by atoms with van der Waals surface area (Å²) in [6.45, 7) is 5.79. The summed E-state index contributed by atoms with van der Waals surface area (Å²) in [7, 11) is 1.75. The van der Waals surface area contributed by atoms with Crippen LogP contribution in [-0.4, -0.2) is 14.2 Å². The molecule has 0 aliphatic heterocycles. The molecule has 5 heteroatoms. The van der Waals surface area contributed by atoms with Gasteiger partial charge < -0.3 is 0 Å².